The van der Waals surface area contributed by atoms with E-state index in [1.165, 1.54) is 25.9 Å². The van der Waals surface area contributed by atoms with E-state index in [-0.39, 0.29) is 0 Å². The van der Waals surface area contributed by atoms with Gasteiger partial charge in [-0.15, -0.1) is 0 Å². The minimum Gasteiger partial charge on any atom is -0.508 e. The Morgan fingerprint density at radius 3 is 2.57 bits per heavy atom. The highest BCUT2D eigenvalue weighted by Crippen LogP contribution is 2.33. The van der Waals surface area contributed by atoms with Crippen molar-refractivity contribution in [2.75, 3.05) is 53.9 Å². The van der Waals surface area contributed by atoms with Crippen LogP contribution in [0.5, 0.6) is 11.5 Å². The quantitative estimate of drug-likeness (QED) is 0.916. The van der Waals surface area contributed by atoms with Crippen molar-refractivity contribution in [3.8, 4) is 11.5 Å². The van der Waals surface area contributed by atoms with Gasteiger partial charge in [-0.25, -0.2) is 0 Å². The lowest BCUT2D eigenvalue weighted by molar-refractivity contribution is -0.0206. The second kappa shape index (κ2) is 6.67. The van der Waals surface area contributed by atoms with Crippen molar-refractivity contribution < 1.29 is 9.84 Å². The van der Waals surface area contributed by atoms with Crippen LogP contribution in [0.25, 0.3) is 0 Å². The van der Waals surface area contributed by atoms with Gasteiger partial charge in [0.05, 0.1) is 7.11 Å². The predicted molar refractivity (Wildman–Crippen MR) is 92.0 cm³/mol. The SMILES string of the molecule is COc1ccc(O)cc1CN1CCC2(CC1)CN(C)CCN2C. The Labute approximate surface area is 139 Å². The van der Waals surface area contributed by atoms with Crippen LogP contribution in [0.15, 0.2) is 18.2 Å². The molecule has 0 aromatic heterocycles. The molecule has 0 aliphatic carbocycles. The number of likely N-dealkylation sites (N-methyl/N-ethyl adjacent to an activating group) is 2. The number of aromatic hydroxyl groups is 1. The molecule has 0 amide bonds. The largest absolute Gasteiger partial charge is 0.508 e. The summed E-state index contributed by atoms with van der Waals surface area (Å²) in [6.45, 7) is 6.54. The lowest BCUT2D eigenvalue weighted by Crippen LogP contribution is -2.63. The second-order valence-electron chi connectivity index (χ2n) is 7.16. The molecule has 1 aromatic rings. The van der Waals surface area contributed by atoms with Crippen LogP contribution >= 0.6 is 0 Å². The molecule has 23 heavy (non-hydrogen) atoms. The topological polar surface area (TPSA) is 39.2 Å². The highest BCUT2D eigenvalue weighted by Gasteiger charge is 2.41. The summed E-state index contributed by atoms with van der Waals surface area (Å²) in [5.41, 5.74) is 1.41. The molecule has 2 aliphatic heterocycles. The van der Waals surface area contributed by atoms with Crippen molar-refractivity contribution in [2.24, 2.45) is 0 Å². The molecule has 0 radical (unpaired) electrons. The van der Waals surface area contributed by atoms with Crippen molar-refractivity contribution in [1.82, 2.24) is 14.7 Å². The molecule has 1 spiro atoms. The number of piperazine rings is 1. The highest BCUT2D eigenvalue weighted by molar-refractivity contribution is 5.39. The van der Waals surface area contributed by atoms with Crippen LogP contribution in [0.1, 0.15) is 18.4 Å². The summed E-state index contributed by atoms with van der Waals surface area (Å²) in [6, 6.07) is 5.35. The molecular formula is C18H29N3O2. The Morgan fingerprint density at radius 2 is 1.87 bits per heavy atom. The molecule has 1 N–H and O–H groups in total. The van der Waals surface area contributed by atoms with Crippen LogP contribution in [0.3, 0.4) is 0 Å². The average molecular weight is 319 g/mol. The summed E-state index contributed by atoms with van der Waals surface area (Å²) in [5.74, 6) is 1.17. The van der Waals surface area contributed by atoms with Gasteiger partial charge in [0.1, 0.15) is 11.5 Å². The van der Waals surface area contributed by atoms with Crippen LogP contribution in [0, 0.1) is 0 Å². The first-order chi connectivity index (χ1) is 11.0. The number of phenols is 1. The van der Waals surface area contributed by atoms with Gasteiger partial charge in [0, 0.05) is 50.4 Å². The summed E-state index contributed by atoms with van der Waals surface area (Å²) in [4.78, 5) is 7.51. The first kappa shape index (κ1) is 16.6. The maximum Gasteiger partial charge on any atom is 0.123 e. The fraction of sp³-hybridized carbons (Fsp3) is 0.667. The van der Waals surface area contributed by atoms with Crippen LogP contribution < -0.4 is 4.74 Å². The summed E-state index contributed by atoms with van der Waals surface area (Å²) in [5, 5.41) is 9.74. The Morgan fingerprint density at radius 1 is 1.13 bits per heavy atom. The molecule has 0 unspecified atom stereocenters. The van der Waals surface area contributed by atoms with Gasteiger partial charge in [0.25, 0.3) is 0 Å². The molecule has 128 valence electrons. The van der Waals surface area contributed by atoms with Crippen molar-refractivity contribution in [3.05, 3.63) is 23.8 Å². The Kier molecular flexibility index (Phi) is 4.80. The zero-order chi connectivity index (χ0) is 16.4. The number of phenolic OH excluding ortho intramolecular Hbond substituents is 1. The summed E-state index contributed by atoms with van der Waals surface area (Å²) in [7, 11) is 6.20. The van der Waals surface area contributed by atoms with E-state index in [2.05, 4.69) is 28.8 Å². The Bertz CT molecular complexity index is 541. The minimum atomic E-state index is 0.308. The monoisotopic (exact) mass is 319 g/mol. The lowest BCUT2D eigenvalue weighted by atomic mass is 9.83. The summed E-state index contributed by atoms with van der Waals surface area (Å²) in [6.07, 6.45) is 2.41. The number of nitrogens with zero attached hydrogens (tertiary/aromatic N) is 3. The number of piperidine rings is 1. The van der Waals surface area contributed by atoms with Gasteiger partial charge >= 0.3 is 0 Å². The Hall–Kier alpha value is -1.30. The molecule has 0 bridgehead atoms. The van der Waals surface area contributed by atoms with Crippen LogP contribution in [-0.4, -0.2) is 79.3 Å². The maximum absolute atomic E-state index is 9.74. The maximum atomic E-state index is 9.74. The molecule has 3 rings (SSSR count). The van der Waals surface area contributed by atoms with Gasteiger partial charge in [-0.1, -0.05) is 0 Å². The highest BCUT2D eigenvalue weighted by atomic mass is 16.5. The minimum absolute atomic E-state index is 0.308. The lowest BCUT2D eigenvalue weighted by Gasteiger charge is -2.52. The fourth-order valence-corrected chi connectivity index (χ4v) is 4.06. The van der Waals surface area contributed by atoms with Crippen LogP contribution in [0.4, 0.5) is 0 Å². The van der Waals surface area contributed by atoms with Gasteiger partial charge in [0.2, 0.25) is 0 Å². The molecule has 5 heteroatoms. The van der Waals surface area contributed by atoms with E-state index in [1.807, 2.05) is 12.1 Å². The van der Waals surface area contributed by atoms with Crippen molar-refractivity contribution >= 4 is 0 Å². The van der Waals surface area contributed by atoms with E-state index in [9.17, 15) is 5.11 Å². The number of rotatable bonds is 3. The summed E-state index contributed by atoms with van der Waals surface area (Å²) >= 11 is 0. The van der Waals surface area contributed by atoms with Crippen LogP contribution in [-0.2, 0) is 6.54 Å². The number of likely N-dealkylation sites (tertiary alicyclic amines) is 1. The molecule has 2 fully saturated rings. The van der Waals surface area contributed by atoms with E-state index in [1.54, 1.807) is 13.2 Å². The third kappa shape index (κ3) is 3.47. The van der Waals surface area contributed by atoms with E-state index >= 15 is 0 Å². The Balaban J connectivity index is 1.64. The van der Waals surface area contributed by atoms with Gasteiger partial charge in [0.15, 0.2) is 0 Å². The van der Waals surface area contributed by atoms with Crippen molar-refractivity contribution in [1.29, 1.82) is 0 Å². The number of ether oxygens (including phenoxy) is 1. The molecular weight excluding hydrogens is 290 g/mol. The standard InChI is InChI=1S/C18H29N3O2/c1-19-10-11-20(2)18(14-19)6-8-21(9-7-18)13-15-12-16(22)4-5-17(15)23-3/h4-5,12,22H,6-11,13-14H2,1-3H3. The van der Waals surface area contributed by atoms with E-state index in [0.29, 0.717) is 11.3 Å². The number of hydrogen-bond acceptors (Lipinski definition) is 5. The molecule has 5 nitrogen and oxygen atoms in total. The zero-order valence-corrected chi connectivity index (χ0v) is 14.6. The van der Waals surface area contributed by atoms with Crippen LogP contribution in [0.2, 0.25) is 0 Å². The zero-order valence-electron chi connectivity index (χ0n) is 14.6. The number of hydrogen-bond donors (Lipinski definition) is 1. The smallest absolute Gasteiger partial charge is 0.123 e. The van der Waals surface area contributed by atoms with Crippen molar-refractivity contribution in [2.45, 2.75) is 24.9 Å². The fourth-order valence-electron chi connectivity index (χ4n) is 4.06. The molecule has 0 saturated carbocycles. The molecule has 1 aromatic carbocycles. The normalized spacial score (nSPS) is 23.3. The van der Waals surface area contributed by atoms with E-state index < -0.39 is 0 Å². The van der Waals surface area contributed by atoms with Gasteiger partial charge < -0.3 is 14.7 Å². The molecule has 2 saturated heterocycles. The number of benzene rings is 1. The van der Waals surface area contributed by atoms with Gasteiger partial charge in [-0.2, -0.15) is 0 Å². The third-order valence-electron chi connectivity index (χ3n) is 5.64. The summed E-state index contributed by atoms with van der Waals surface area (Å²) < 4.78 is 5.43. The third-order valence-corrected chi connectivity index (χ3v) is 5.64. The van der Waals surface area contributed by atoms with Gasteiger partial charge in [-0.05, 0) is 45.1 Å². The first-order valence-corrected chi connectivity index (χ1v) is 8.50. The number of methoxy groups -OCH3 is 1. The molecule has 2 heterocycles. The second-order valence-corrected chi connectivity index (χ2v) is 7.16. The van der Waals surface area contributed by atoms with E-state index in [0.717, 1.165) is 37.5 Å². The van der Waals surface area contributed by atoms with Gasteiger partial charge in [-0.3, -0.25) is 9.80 Å². The van der Waals surface area contributed by atoms with Crippen molar-refractivity contribution in [3.63, 3.8) is 0 Å². The molecule has 0 atom stereocenters. The average Bonchev–Trinajstić information content (AvgIpc) is 2.54. The first-order valence-electron chi connectivity index (χ1n) is 8.50. The molecule has 2 aliphatic rings. The predicted octanol–water partition coefficient (Wildman–Crippen LogP) is 1.61. The van der Waals surface area contributed by atoms with E-state index in [4.69, 9.17) is 4.74 Å².